The Bertz CT molecular complexity index is 8.00. The van der Waals surface area contributed by atoms with Gasteiger partial charge in [0.1, 0.15) is 0 Å². The molecule has 0 unspecified atom stereocenters. The summed E-state index contributed by atoms with van der Waals surface area (Å²) in [6, 6.07) is 0. The molecule has 0 heterocycles. The summed E-state index contributed by atoms with van der Waals surface area (Å²) in [6.07, 6.45) is 0. The number of rotatable bonds is 0. The summed E-state index contributed by atoms with van der Waals surface area (Å²) in [5, 5.41) is 0. The van der Waals surface area contributed by atoms with Crippen LogP contribution in [0.3, 0.4) is 0 Å². The summed E-state index contributed by atoms with van der Waals surface area (Å²) >= 11 is 0. The summed E-state index contributed by atoms with van der Waals surface area (Å²) in [4.78, 5) is 0. The van der Waals surface area contributed by atoms with E-state index in [1.165, 1.54) is 0 Å². The van der Waals surface area contributed by atoms with Crippen molar-refractivity contribution in [2.75, 3.05) is 0 Å². The Kier molecular flexibility index (Phi) is 112. The van der Waals surface area contributed by atoms with Gasteiger partial charge < -0.3 is 0 Å². The van der Waals surface area contributed by atoms with Crippen molar-refractivity contribution in [1.82, 2.24) is 0 Å². The quantitative estimate of drug-likeness (QED) is 0.380. The van der Waals surface area contributed by atoms with E-state index in [1.54, 1.807) is 0 Å². The van der Waals surface area contributed by atoms with Crippen LogP contribution in [0.4, 0.5) is 0 Å². The molecule has 1 radical (unpaired) electrons. The van der Waals surface area contributed by atoms with E-state index in [0.29, 0.717) is 0 Å². The zero-order valence-electron chi connectivity index (χ0n) is 2.29. The Labute approximate surface area is 93.7 Å². The summed E-state index contributed by atoms with van der Waals surface area (Å²) in [7, 11) is 0. The second kappa shape index (κ2) is 16.4. The normalized spacial score (nSPS) is 0. The van der Waals surface area contributed by atoms with Crippen molar-refractivity contribution >= 4 is 23.7 Å². The first kappa shape index (κ1) is 27.2. The third-order valence-corrected chi connectivity index (χ3v) is 0. The molecule has 0 nitrogen and oxygen atoms in total. The van der Waals surface area contributed by atoms with Gasteiger partial charge in [-0.3, -0.25) is 0 Å². The Morgan fingerprint density at radius 1 is 1.00 bits per heavy atom. The van der Waals surface area contributed by atoms with E-state index in [1.807, 2.05) is 0 Å². The molecule has 0 fully saturated rings. The fourth-order valence-corrected chi connectivity index (χ4v) is 0. The van der Waals surface area contributed by atoms with E-state index in [2.05, 4.69) is 0 Å². The van der Waals surface area contributed by atoms with E-state index in [4.69, 9.17) is 0 Å². The zero-order valence-corrected chi connectivity index (χ0v) is 15.9. The predicted octanol–water partition coefficient (Wildman–Crippen LogP) is -0.924. The minimum atomic E-state index is 0. The SMILES string of the molecule is [Cd].[Hg].[Mn].[TeH2]. The fourth-order valence-electron chi connectivity index (χ4n) is 0. The van der Waals surface area contributed by atoms with Crippen LogP contribution in [-0.2, 0) is 72.0 Å². The van der Waals surface area contributed by atoms with Crippen LogP contribution in [0.1, 0.15) is 0 Å². The minimum absolute atomic E-state index is 0. The van der Waals surface area contributed by atoms with Crippen molar-refractivity contribution in [3.63, 3.8) is 0 Å². The molecule has 0 aromatic heterocycles. The van der Waals surface area contributed by atoms with Crippen molar-refractivity contribution in [1.29, 1.82) is 0 Å². The maximum atomic E-state index is 0. The Morgan fingerprint density at radius 3 is 1.00 bits per heavy atom. The Hall–Kier alpha value is 3.17. The Balaban J connectivity index is 0. The molecule has 4 heavy (non-hydrogen) atoms. The van der Waals surface area contributed by atoms with Gasteiger partial charge in [0, 0.05) is 72.0 Å². The molecule has 0 bridgehead atoms. The van der Waals surface area contributed by atoms with Crippen LogP contribution in [0.25, 0.3) is 0 Å². The molecule has 4 heteroatoms. The molecule has 0 N–H and O–H groups in total. The van der Waals surface area contributed by atoms with Gasteiger partial charge in [0.15, 0.2) is 0 Å². The molecule has 0 aliphatic rings. The average Bonchev–Trinajstić information content (AvgIpc) is 0. The monoisotopic (exact) mass is 503 g/mol. The standard InChI is InChI=1S/Cd.Hg.Mn.H2Te/h;;;1H2. The second-order valence-corrected chi connectivity index (χ2v) is 0. The van der Waals surface area contributed by atoms with Gasteiger partial charge in [-0.2, -0.15) is 0 Å². The molecule has 0 atom stereocenters. The molecule has 0 spiro atoms. The van der Waals surface area contributed by atoms with Crippen molar-refractivity contribution in [2.24, 2.45) is 0 Å². The van der Waals surface area contributed by atoms with Crippen LogP contribution in [0, 0.1) is 0 Å². The molecule has 0 aliphatic heterocycles. The second-order valence-electron chi connectivity index (χ2n) is 0. The average molecular weight is 498 g/mol. The van der Waals surface area contributed by atoms with Crippen molar-refractivity contribution in [3.05, 3.63) is 0 Å². The van der Waals surface area contributed by atoms with E-state index in [9.17, 15) is 0 Å². The van der Waals surface area contributed by atoms with Crippen molar-refractivity contribution < 1.29 is 72.0 Å². The predicted molar refractivity (Wildman–Crippen MR) is 8.54 cm³/mol. The number of hydrogen-bond donors (Lipinski definition) is 0. The van der Waals surface area contributed by atoms with Crippen molar-refractivity contribution in [3.8, 4) is 0 Å². The molecule has 0 saturated heterocycles. The Morgan fingerprint density at radius 2 is 1.00 bits per heavy atom. The van der Waals surface area contributed by atoms with Gasteiger partial charge in [0.05, 0.1) is 0 Å². The first-order chi connectivity index (χ1) is 0. The van der Waals surface area contributed by atoms with E-state index in [-0.39, 0.29) is 95.7 Å². The first-order valence-electron chi connectivity index (χ1n) is 0. The van der Waals surface area contributed by atoms with E-state index < -0.39 is 0 Å². The number of hydrogen-bond acceptors (Lipinski definition) is 0. The molecule has 19 valence electrons. The van der Waals surface area contributed by atoms with Crippen LogP contribution in [0.2, 0.25) is 0 Å². The summed E-state index contributed by atoms with van der Waals surface area (Å²) < 4.78 is 0. The third kappa shape index (κ3) is 8.94. The molecule has 0 rings (SSSR count). The maximum absolute atomic E-state index is 0. The molecule has 0 aromatic carbocycles. The van der Waals surface area contributed by atoms with Gasteiger partial charge in [0.25, 0.3) is 0 Å². The van der Waals surface area contributed by atoms with E-state index in [0.717, 1.165) is 0 Å². The van der Waals surface area contributed by atoms with Crippen LogP contribution in [-0.4, -0.2) is 23.7 Å². The van der Waals surface area contributed by atoms with Crippen LogP contribution < -0.4 is 0 Å². The summed E-state index contributed by atoms with van der Waals surface area (Å²) in [5.74, 6) is 0. The van der Waals surface area contributed by atoms with E-state index >= 15 is 0 Å². The summed E-state index contributed by atoms with van der Waals surface area (Å²) in [6.45, 7) is 0. The van der Waals surface area contributed by atoms with Gasteiger partial charge in [-0.05, 0) is 0 Å². The fraction of sp³-hybridized carbons (Fsp3) is 0. The molecule has 0 aromatic rings. The van der Waals surface area contributed by atoms with Gasteiger partial charge >= 0.3 is 23.7 Å². The molecular formula is H2CdHgMnTe. The van der Waals surface area contributed by atoms with Crippen LogP contribution in [0.5, 0.6) is 0 Å². The zero-order chi connectivity index (χ0) is 0. The third-order valence-electron chi connectivity index (χ3n) is 0. The molecule has 0 amide bonds. The van der Waals surface area contributed by atoms with Gasteiger partial charge in [0.2, 0.25) is 0 Å². The van der Waals surface area contributed by atoms with Crippen molar-refractivity contribution in [2.45, 2.75) is 0 Å². The van der Waals surface area contributed by atoms with Gasteiger partial charge in [-0.1, -0.05) is 0 Å². The molecular weight excluding hydrogens is 496 g/mol. The van der Waals surface area contributed by atoms with Crippen LogP contribution in [0.15, 0.2) is 0 Å². The first-order valence-corrected chi connectivity index (χ1v) is 0. The molecule has 0 aliphatic carbocycles. The van der Waals surface area contributed by atoms with Crippen LogP contribution >= 0.6 is 0 Å². The van der Waals surface area contributed by atoms with Gasteiger partial charge in [-0.15, -0.1) is 0 Å². The van der Waals surface area contributed by atoms with Gasteiger partial charge in [-0.25, -0.2) is 0 Å². The summed E-state index contributed by atoms with van der Waals surface area (Å²) in [5.41, 5.74) is 0. The molecule has 0 saturated carbocycles. The topological polar surface area (TPSA) is 0 Å².